The van der Waals surface area contributed by atoms with E-state index in [1.165, 1.54) is 0 Å². The second kappa shape index (κ2) is 11.5. The van der Waals surface area contributed by atoms with Gasteiger partial charge in [-0.15, -0.1) is 0 Å². The molecule has 1 heterocycles. The number of carbonyl (C=O) groups is 3. The van der Waals surface area contributed by atoms with E-state index in [4.69, 9.17) is 16.3 Å². The van der Waals surface area contributed by atoms with Crippen LogP contribution in [-0.2, 0) is 25.7 Å². The number of hydrogen-bond acceptors (Lipinski definition) is 4. The SMILES string of the molecule is O=C(NCCCC(=O)N1CCOC(c2ccccc2)C1)C(=O)NCc1ccc(Cl)cc1. The van der Waals surface area contributed by atoms with E-state index < -0.39 is 11.8 Å². The molecule has 7 nitrogen and oxygen atoms in total. The maximum atomic E-state index is 12.5. The highest BCUT2D eigenvalue weighted by Crippen LogP contribution is 2.22. The summed E-state index contributed by atoms with van der Waals surface area (Å²) in [5.74, 6) is -1.40. The summed E-state index contributed by atoms with van der Waals surface area (Å²) < 4.78 is 5.79. The van der Waals surface area contributed by atoms with Crippen molar-refractivity contribution >= 4 is 29.3 Å². The van der Waals surface area contributed by atoms with Crippen LogP contribution in [0.15, 0.2) is 54.6 Å². The lowest BCUT2D eigenvalue weighted by molar-refractivity contribution is -0.140. The number of amides is 3. The van der Waals surface area contributed by atoms with Gasteiger partial charge in [-0.3, -0.25) is 14.4 Å². The van der Waals surface area contributed by atoms with Crippen LogP contribution in [0.5, 0.6) is 0 Å². The fourth-order valence-corrected chi connectivity index (χ4v) is 3.42. The number of rotatable bonds is 7. The number of halogens is 1. The smallest absolute Gasteiger partial charge is 0.309 e. The van der Waals surface area contributed by atoms with Crippen molar-refractivity contribution in [1.82, 2.24) is 15.5 Å². The first-order valence-corrected chi connectivity index (χ1v) is 10.7. The van der Waals surface area contributed by atoms with Gasteiger partial charge in [-0.2, -0.15) is 0 Å². The van der Waals surface area contributed by atoms with Gasteiger partial charge in [0, 0.05) is 31.1 Å². The number of nitrogens with one attached hydrogen (secondary N) is 2. The Morgan fingerprint density at radius 3 is 2.45 bits per heavy atom. The number of ether oxygens (including phenoxy) is 1. The largest absolute Gasteiger partial charge is 0.370 e. The van der Waals surface area contributed by atoms with Crippen molar-refractivity contribution in [2.45, 2.75) is 25.5 Å². The predicted molar refractivity (Wildman–Crippen MR) is 117 cm³/mol. The maximum absolute atomic E-state index is 12.5. The van der Waals surface area contributed by atoms with E-state index in [0.29, 0.717) is 37.6 Å². The highest BCUT2D eigenvalue weighted by Gasteiger charge is 2.25. The van der Waals surface area contributed by atoms with Gasteiger partial charge in [-0.25, -0.2) is 0 Å². The van der Waals surface area contributed by atoms with Gasteiger partial charge < -0.3 is 20.3 Å². The zero-order valence-electron chi connectivity index (χ0n) is 17.2. The Hall–Kier alpha value is -2.90. The van der Waals surface area contributed by atoms with Crippen molar-refractivity contribution in [3.63, 3.8) is 0 Å². The molecule has 0 aliphatic carbocycles. The Morgan fingerprint density at radius 1 is 1.00 bits per heavy atom. The summed E-state index contributed by atoms with van der Waals surface area (Å²) in [5, 5.41) is 5.72. The van der Waals surface area contributed by atoms with Gasteiger partial charge in [0.05, 0.1) is 13.2 Å². The summed E-state index contributed by atoms with van der Waals surface area (Å²) in [4.78, 5) is 38.1. The zero-order chi connectivity index (χ0) is 22.1. The molecular formula is C23H26ClN3O4. The standard InChI is InChI=1S/C23H26ClN3O4/c24-19-10-8-17(9-11-19)15-26-23(30)22(29)25-12-4-7-21(28)27-13-14-31-20(16-27)18-5-2-1-3-6-18/h1-3,5-6,8-11,20H,4,7,12-16H2,(H,25,29)(H,26,30). The quantitative estimate of drug-likeness (QED) is 0.508. The molecule has 1 saturated heterocycles. The molecule has 2 aromatic carbocycles. The molecule has 0 bridgehead atoms. The molecule has 1 aliphatic heterocycles. The van der Waals surface area contributed by atoms with E-state index in [1.54, 1.807) is 29.2 Å². The van der Waals surface area contributed by atoms with E-state index in [-0.39, 0.29) is 25.1 Å². The summed E-state index contributed by atoms with van der Waals surface area (Å²) in [5.41, 5.74) is 1.90. The Kier molecular flexibility index (Phi) is 8.44. The average Bonchev–Trinajstić information content (AvgIpc) is 2.81. The van der Waals surface area contributed by atoms with Crippen LogP contribution < -0.4 is 10.6 Å². The molecule has 2 aromatic rings. The van der Waals surface area contributed by atoms with Crippen molar-refractivity contribution < 1.29 is 19.1 Å². The molecule has 0 aromatic heterocycles. The first-order chi connectivity index (χ1) is 15.0. The van der Waals surface area contributed by atoms with Crippen LogP contribution in [0.2, 0.25) is 5.02 Å². The zero-order valence-corrected chi connectivity index (χ0v) is 17.9. The van der Waals surface area contributed by atoms with Gasteiger partial charge in [0.1, 0.15) is 6.10 Å². The van der Waals surface area contributed by atoms with Crippen molar-refractivity contribution in [1.29, 1.82) is 0 Å². The summed E-state index contributed by atoms with van der Waals surface area (Å²) in [6.45, 7) is 2.06. The van der Waals surface area contributed by atoms with E-state index in [0.717, 1.165) is 11.1 Å². The van der Waals surface area contributed by atoms with Crippen LogP contribution in [0, 0.1) is 0 Å². The lowest BCUT2D eigenvalue weighted by Gasteiger charge is -2.33. The lowest BCUT2D eigenvalue weighted by atomic mass is 10.1. The maximum Gasteiger partial charge on any atom is 0.309 e. The molecule has 8 heteroatoms. The summed E-state index contributed by atoms with van der Waals surface area (Å²) >= 11 is 5.82. The molecule has 0 radical (unpaired) electrons. The lowest BCUT2D eigenvalue weighted by Crippen LogP contribution is -2.43. The highest BCUT2D eigenvalue weighted by atomic mass is 35.5. The molecule has 164 valence electrons. The second-order valence-electron chi connectivity index (χ2n) is 7.28. The molecule has 0 spiro atoms. The molecule has 31 heavy (non-hydrogen) atoms. The van der Waals surface area contributed by atoms with Crippen LogP contribution >= 0.6 is 11.6 Å². The minimum atomic E-state index is -0.711. The first-order valence-electron chi connectivity index (χ1n) is 10.3. The third kappa shape index (κ3) is 7.08. The van der Waals surface area contributed by atoms with Crippen LogP contribution in [0.1, 0.15) is 30.1 Å². The summed E-state index contributed by atoms with van der Waals surface area (Å²) in [7, 11) is 0. The van der Waals surface area contributed by atoms with Crippen molar-refractivity contribution in [2.24, 2.45) is 0 Å². The van der Waals surface area contributed by atoms with E-state index in [2.05, 4.69) is 10.6 Å². The molecule has 1 aliphatic rings. The normalized spacial score (nSPS) is 15.9. The van der Waals surface area contributed by atoms with Gasteiger partial charge in [0.25, 0.3) is 0 Å². The molecular weight excluding hydrogens is 418 g/mol. The van der Waals surface area contributed by atoms with E-state index in [9.17, 15) is 14.4 Å². The van der Waals surface area contributed by atoms with Crippen molar-refractivity contribution in [3.05, 3.63) is 70.7 Å². The fraction of sp³-hybridized carbons (Fsp3) is 0.348. The van der Waals surface area contributed by atoms with E-state index >= 15 is 0 Å². The fourth-order valence-electron chi connectivity index (χ4n) is 3.29. The van der Waals surface area contributed by atoms with Gasteiger partial charge in [-0.05, 0) is 29.7 Å². The predicted octanol–water partition coefficient (Wildman–Crippen LogP) is 2.45. The van der Waals surface area contributed by atoms with Crippen LogP contribution in [0.25, 0.3) is 0 Å². The number of carbonyl (C=O) groups excluding carboxylic acids is 3. The molecule has 3 amide bonds. The minimum Gasteiger partial charge on any atom is -0.370 e. The highest BCUT2D eigenvalue weighted by molar-refractivity contribution is 6.35. The number of nitrogens with zero attached hydrogens (tertiary/aromatic N) is 1. The Labute approximate surface area is 186 Å². The molecule has 1 atom stereocenters. The third-order valence-corrected chi connectivity index (χ3v) is 5.27. The van der Waals surface area contributed by atoms with Gasteiger partial charge in [0.2, 0.25) is 5.91 Å². The Bertz CT molecular complexity index is 889. The van der Waals surface area contributed by atoms with Gasteiger partial charge >= 0.3 is 11.8 Å². The number of morpholine rings is 1. The molecule has 2 N–H and O–H groups in total. The number of benzene rings is 2. The average molecular weight is 444 g/mol. The van der Waals surface area contributed by atoms with Crippen LogP contribution in [-0.4, -0.2) is 48.9 Å². The molecule has 3 rings (SSSR count). The monoisotopic (exact) mass is 443 g/mol. The summed E-state index contributed by atoms with van der Waals surface area (Å²) in [6.07, 6.45) is 0.638. The molecule has 1 fully saturated rings. The Morgan fingerprint density at radius 2 is 1.71 bits per heavy atom. The van der Waals surface area contributed by atoms with Crippen molar-refractivity contribution in [3.8, 4) is 0 Å². The van der Waals surface area contributed by atoms with Gasteiger partial charge in [-0.1, -0.05) is 54.1 Å². The topological polar surface area (TPSA) is 87.7 Å². The van der Waals surface area contributed by atoms with Crippen LogP contribution in [0.3, 0.4) is 0 Å². The Balaban J connectivity index is 1.34. The number of hydrogen-bond donors (Lipinski definition) is 2. The third-order valence-electron chi connectivity index (χ3n) is 5.02. The minimum absolute atomic E-state index is 0.0191. The molecule has 0 saturated carbocycles. The summed E-state index contributed by atoms with van der Waals surface area (Å²) in [6, 6.07) is 16.8. The van der Waals surface area contributed by atoms with Crippen molar-refractivity contribution in [2.75, 3.05) is 26.2 Å². The van der Waals surface area contributed by atoms with Crippen LogP contribution in [0.4, 0.5) is 0 Å². The first kappa shape index (κ1) is 22.8. The second-order valence-corrected chi connectivity index (χ2v) is 7.71. The van der Waals surface area contributed by atoms with E-state index in [1.807, 2.05) is 30.3 Å². The molecule has 1 unspecified atom stereocenters. The van der Waals surface area contributed by atoms with Gasteiger partial charge in [0.15, 0.2) is 0 Å².